The summed E-state index contributed by atoms with van der Waals surface area (Å²) in [5.41, 5.74) is 0.199. The Balaban J connectivity index is 2.07. The number of hydrogen-bond acceptors (Lipinski definition) is 5. The Labute approximate surface area is 167 Å². The molecule has 28 heavy (non-hydrogen) atoms. The van der Waals surface area contributed by atoms with E-state index in [0.29, 0.717) is 10.6 Å². The number of anilines is 1. The van der Waals surface area contributed by atoms with Gasteiger partial charge in [0.05, 0.1) is 11.6 Å². The molecule has 0 aromatic heterocycles. The van der Waals surface area contributed by atoms with Gasteiger partial charge >= 0.3 is 0 Å². The van der Waals surface area contributed by atoms with Crippen LogP contribution in [-0.4, -0.2) is 27.6 Å². The van der Waals surface area contributed by atoms with Gasteiger partial charge in [0.1, 0.15) is 11.7 Å². The molecule has 2 atom stereocenters. The Morgan fingerprint density at radius 3 is 2.43 bits per heavy atom. The highest BCUT2D eigenvalue weighted by Crippen LogP contribution is 2.40. The van der Waals surface area contributed by atoms with Crippen LogP contribution in [0.1, 0.15) is 32.3 Å². The number of fused-ring (bicyclic) bond motifs is 1. The number of carbonyl (C=O) groups is 3. The van der Waals surface area contributed by atoms with Gasteiger partial charge in [-0.3, -0.25) is 14.4 Å². The first-order valence-electron chi connectivity index (χ1n) is 8.89. The quantitative estimate of drug-likeness (QED) is 0.690. The normalized spacial score (nSPS) is 17.9. The monoisotopic (exact) mass is 398 g/mol. The first kappa shape index (κ1) is 19.9. The Morgan fingerprint density at radius 1 is 1.11 bits per heavy atom. The molecule has 1 aliphatic rings. The van der Waals surface area contributed by atoms with Crippen molar-refractivity contribution in [1.29, 1.82) is 0 Å². The van der Waals surface area contributed by atoms with Crippen LogP contribution >= 0.6 is 11.8 Å². The summed E-state index contributed by atoms with van der Waals surface area (Å²) in [6.45, 7) is 5.44. The maximum Gasteiger partial charge on any atom is 0.237 e. The summed E-state index contributed by atoms with van der Waals surface area (Å²) in [5.74, 6) is -3.64. The molecule has 0 bridgehead atoms. The standard InChI is InChI=1S/C21H22N2O4S/c1-21(2,3)23-19(26)16(12-8-4-6-10-14(12)24)17-18(25)22-13-9-5-7-11-15(13)28-20(17)27/h4-11,16-17,24H,1-3H3,(H,22,25)(H,23,26). The molecule has 3 N–H and O–H groups in total. The predicted octanol–water partition coefficient (Wildman–Crippen LogP) is 3.28. The first-order valence-corrected chi connectivity index (χ1v) is 9.70. The maximum atomic E-state index is 13.1. The van der Waals surface area contributed by atoms with E-state index < -0.39 is 34.3 Å². The molecule has 0 fully saturated rings. The SMILES string of the molecule is CC(C)(C)NC(=O)C(c1ccccc1O)C1C(=O)Nc2ccccc2SC1=O. The molecule has 1 heterocycles. The number of thioether (sulfide) groups is 1. The number of nitrogens with one attached hydrogen (secondary N) is 2. The lowest BCUT2D eigenvalue weighted by atomic mass is 9.84. The molecule has 3 rings (SSSR count). The highest BCUT2D eigenvalue weighted by Gasteiger charge is 2.44. The van der Waals surface area contributed by atoms with Crippen molar-refractivity contribution in [2.45, 2.75) is 37.1 Å². The topological polar surface area (TPSA) is 95.5 Å². The van der Waals surface area contributed by atoms with E-state index in [4.69, 9.17) is 0 Å². The van der Waals surface area contributed by atoms with Gasteiger partial charge in [-0.05, 0) is 50.7 Å². The fourth-order valence-corrected chi connectivity index (χ4v) is 4.07. The van der Waals surface area contributed by atoms with Gasteiger partial charge in [0, 0.05) is 16.0 Å². The van der Waals surface area contributed by atoms with E-state index in [1.807, 2.05) is 20.8 Å². The molecule has 0 saturated carbocycles. The molecule has 2 aromatic rings. The average Bonchev–Trinajstić information content (AvgIpc) is 2.71. The Hall–Kier alpha value is -2.80. The molecule has 2 aromatic carbocycles. The minimum absolute atomic E-state index is 0.135. The van der Waals surface area contributed by atoms with Crippen LogP contribution in [0.25, 0.3) is 0 Å². The molecule has 1 aliphatic heterocycles. The van der Waals surface area contributed by atoms with Crippen molar-refractivity contribution in [3.05, 3.63) is 54.1 Å². The van der Waals surface area contributed by atoms with Gasteiger partial charge in [-0.25, -0.2) is 0 Å². The van der Waals surface area contributed by atoms with Crippen LogP contribution in [-0.2, 0) is 14.4 Å². The van der Waals surface area contributed by atoms with Crippen LogP contribution in [0.15, 0.2) is 53.4 Å². The molecule has 2 unspecified atom stereocenters. The van der Waals surface area contributed by atoms with Crippen molar-refractivity contribution < 1.29 is 19.5 Å². The Kier molecular flexibility index (Phi) is 5.47. The third-order valence-corrected chi connectivity index (χ3v) is 5.31. The number of carbonyl (C=O) groups excluding carboxylic acids is 3. The van der Waals surface area contributed by atoms with Crippen molar-refractivity contribution in [2.75, 3.05) is 5.32 Å². The zero-order valence-corrected chi connectivity index (χ0v) is 16.7. The Morgan fingerprint density at radius 2 is 1.75 bits per heavy atom. The highest BCUT2D eigenvalue weighted by atomic mass is 32.2. The van der Waals surface area contributed by atoms with Crippen LogP contribution in [0.5, 0.6) is 5.75 Å². The summed E-state index contributed by atoms with van der Waals surface area (Å²) < 4.78 is 0. The summed E-state index contributed by atoms with van der Waals surface area (Å²) in [4.78, 5) is 39.7. The number of hydrogen-bond donors (Lipinski definition) is 3. The third kappa shape index (κ3) is 4.20. The van der Waals surface area contributed by atoms with Crippen molar-refractivity contribution in [3.8, 4) is 5.75 Å². The molecule has 2 amide bonds. The molecule has 146 valence electrons. The predicted molar refractivity (Wildman–Crippen MR) is 108 cm³/mol. The summed E-state index contributed by atoms with van der Waals surface area (Å²) >= 11 is 0.925. The average molecular weight is 398 g/mol. The largest absolute Gasteiger partial charge is 0.508 e. The number of para-hydroxylation sites is 2. The zero-order valence-electron chi connectivity index (χ0n) is 15.9. The molecule has 0 radical (unpaired) electrons. The van der Waals surface area contributed by atoms with Gasteiger partial charge in [-0.15, -0.1) is 0 Å². The van der Waals surface area contributed by atoms with Gasteiger partial charge in [0.15, 0.2) is 0 Å². The van der Waals surface area contributed by atoms with E-state index in [1.165, 1.54) is 6.07 Å². The third-order valence-electron chi connectivity index (χ3n) is 4.28. The van der Waals surface area contributed by atoms with Gasteiger partial charge in [0.2, 0.25) is 16.9 Å². The molecule has 6 nitrogen and oxygen atoms in total. The lowest BCUT2D eigenvalue weighted by Crippen LogP contribution is -2.47. The molecular formula is C21H22N2O4S. The van der Waals surface area contributed by atoms with E-state index in [9.17, 15) is 19.5 Å². The van der Waals surface area contributed by atoms with Crippen molar-refractivity contribution in [2.24, 2.45) is 5.92 Å². The lowest BCUT2D eigenvalue weighted by molar-refractivity contribution is -0.134. The Bertz CT molecular complexity index is 899. The second-order valence-corrected chi connectivity index (χ2v) is 8.71. The second kappa shape index (κ2) is 7.67. The van der Waals surface area contributed by atoms with E-state index in [1.54, 1.807) is 42.5 Å². The molecular weight excluding hydrogens is 376 g/mol. The fraction of sp³-hybridized carbons (Fsp3) is 0.286. The first-order chi connectivity index (χ1) is 13.2. The molecule has 0 spiro atoms. The lowest BCUT2D eigenvalue weighted by Gasteiger charge is -2.28. The smallest absolute Gasteiger partial charge is 0.237 e. The van der Waals surface area contributed by atoms with Crippen LogP contribution in [0, 0.1) is 5.92 Å². The van der Waals surface area contributed by atoms with Crippen LogP contribution in [0.3, 0.4) is 0 Å². The fourth-order valence-electron chi connectivity index (χ4n) is 3.11. The van der Waals surface area contributed by atoms with Crippen LogP contribution in [0.4, 0.5) is 5.69 Å². The van der Waals surface area contributed by atoms with Gasteiger partial charge in [-0.1, -0.05) is 30.3 Å². The second-order valence-electron chi connectivity index (χ2n) is 7.66. The molecule has 0 saturated heterocycles. The summed E-state index contributed by atoms with van der Waals surface area (Å²) in [7, 11) is 0. The van der Waals surface area contributed by atoms with Gasteiger partial charge in [-0.2, -0.15) is 0 Å². The summed E-state index contributed by atoms with van der Waals surface area (Å²) in [6.07, 6.45) is 0. The number of phenols is 1. The minimum atomic E-state index is -1.28. The van der Waals surface area contributed by atoms with Crippen LogP contribution in [0.2, 0.25) is 0 Å². The molecule has 7 heteroatoms. The number of rotatable bonds is 3. The van der Waals surface area contributed by atoms with Crippen molar-refractivity contribution >= 4 is 34.4 Å². The van der Waals surface area contributed by atoms with Gasteiger partial charge in [0.25, 0.3) is 0 Å². The molecule has 0 aliphatic carbocycles. The number of aromatic hydroxyl groups is 1. The van der Waals surface area contributed by atoms with E-state index in [-0.39, 0.29) is 11.3 Å². The van der Waals surface area contributed by atoms with E-state index in [2.05, 4.69) is 10.6 Å². The summed E-state index contributed by atoms with van der Waals surface area (Å²) in [5, 5.41) is 15.5. The number of benzene rings is 2. The van der Waals surface area contributed by atoms with Crippen molar-refractivity contribution in [3.63, 3.8) is 0 Å². The zero-order chi connectivity index (χ0) is 20.5. The number of amides is 2. The van der Waals surface area contributed by atoms with E-state index in [0.717, 1.165) is 11.8 Å². The van der Waals surface area contributed by atoms with E-state index >= 15 is 0 Å². The number of phenolic OH excluding ortho intramolecular Hbond substituents is 1. The summed E-state index contributed by atoms with van der Waals surface area (Å²) in [6, 6.07) is 13.3. The van der Waals surface area contributed by atoms with Crippen molar-refractivity contribution in [1.82, 2.24) is 5.32 Å². The maximum absolute atomic E-state index is 13.1. The van der Waals surface area contributed by atoms with Crippen LogP contribution < -0.4 is 10.6 Å². The highest BCUT2D eigenvalue weighted by molar-refractivity contribution is 8.14. The van der Waals surface area contributed by atoms with Gasteiger partial charge < -0.3 is 15.7 Å². The minimum Gasteiger partial charge on any atom is -0.508 e.